The molecule has 3 rings (SSSR count). The van der Waals surface area contributed by atoms with E-state index in [-0.39, 0.29) is 0 Å². The average Bonchev–Trinajstić information content (AvgIpc) is 2.96. The van der Waals surface area contributed by atoms with Gasteiger partial charge in [0.05, 0.1) is 12.8 Å². The van der Waals surface area contributed by atoms with Crippen LogP contribution in [0.3, 0.4) is 0 Å². The van der Waals surface area contributed by atoms with E-state index in [1.165, 1.54) is 0 Å². The maximum absolute atomic E-state index is 6.32. The molecule has 6 heteroatoms. The van der Waals surface area contributed by atoms with Crippen molar-refractivity contribution in [3.63, 3.8) is 0 Å². The summed E-state index contributed by atoms with van der Waals surface area (Å²) in [5.41, 5.74) is 1.44. The van der Waals surface area contributed by atoms with E-state index in [0.29, 0.717) is 29.0 Å². The zero-order chi connectivity index (χ0) is 14.7. The van der Waals surface area contributed by atoms with Crippen molar-refractivity contribution in [2.45, 2.75) is 12.8 Å². The second-order valence-electron chi connectivity index (χ2n) is 4.54. The van der Waals surface area contributed by atoms with Gasteiger partial charge < -0.3 is 4.74 Å². The summed E-state index contributed by atoms with van der Waals surface area (Å²) in [6.07, 6.45) is 3.13. The summed E-state index contributed by atoms with van der Waals surface area (Å²) in [4.78, 5) is 4.27. The summed E-state index contributed by atoms with van der Waals surface area (Å²) in [5, 5.41) is 5.06. The second-order valence-corrected chi connectivity index (χ2v) is 5.25. The number of para-hydroxylation sites is 1. The smallest absolute Gasteiger partial charge is 0.158 e. The highest BCUT2D eigenvalue weighted by Crippen LogP contribution is 2.25. The van der Waals surface area contributed by atoms with Gasteiger partial charge in [-0.25, -0.2) is 9.50 Å². The molecule has 0 N–H and O–H groups in total. The summed E-state index contributed by atoms with van der Waals surface area (Å²) in [6.45, 7) is 0.591. The first-order valence-electron chi connectivity index (χ1n) is 6.61. The van der Waals surface area contributed by atoms with E-state index in [9.17, 15) is 0 Å². The Hall–Kier alpha value is -1.78. The summed E-state index contributed by atoms with van der Waals surface area (Å²) in [5.74, 6) is 0.857. The summed E-state index contributed by atoms with van der Waals surface area (Å²) in [7, 11) is 0. The van der Waals surface area contributed by atoms with Crippen LogP contribution in [0.2, 0.25) is 10.3 Å². The minimum Gasteiger partial charge on any atom is -0.494 e. The number of aromatic nitrogens is 3. The Labute approximate surface area is 132 Å². The second kappa shape index (κ2) is 6.33. The van der Waals surface area contributed by atoms with Crippen LogP contribution in [0.15, 0.2) is 42.6 Å². The maximum atomic E-state index is 6.32. The largest absolute Gasteiger partial charge is 0.494 e. The van der Waals surface area contributed by atoms with Crippen molar-refractivity contribution in [1.29, 1.82) is 0 Å². The number of ether oxygens (including phenoxy) is 1. The Morgan fingerprint density at radius 3 is 2.71 bits per heavy atom. The van der Waals surface area contributed by atoms with Crippen molar-refractivity contribution in [1.82, 2.24) is 14.6 Å². The minimum atomic E-state index is 0.424. The predicted octanol–water partition coefficient (Wildman–Crippen LogP) is 4.05. The van der Waals surface area contributed by atoms with Crippen molar-refractivity contribution in [3.05, 3.63) is 58.5 Å². The van der Waals surface area contributed by atoms with Gasteiger partial charge in [0.2, 0.25) is 0 Å². The Kier molecular flexibility index (Phi) is 4.27. The molecule has 0 saturated heterocycles. The fraction of sp³-hybridized carbons (Fsp3) is 0.200. The molecule has 0 aliphatic heterocycles. The van der Waals surface area contributed by atoms with Crippen LogP contribution in [-0.2, 0) is 6.42 Å². The van der Waals surface area contributed by atoms with E-state index in [1.807, 2.05) is 30.3 Å². The van der Waals surface area contributed by atoms with Crippen molar-refractivity contribution in [2.75, 3.05) is 6.61 Å². The van der Waals surface area contributed by atoms with Gasteiger partial charge in [-0.15, -0.1) is 0 Å². The number of rotatable bonds is 5. The molecule has 0 atom stereocenters. The highest BCUT2D eigenvalue weighted by atomic mass is 35.5. The Morgan fingerprint density at radius 1 is 1.10 bits per heavy atom. The van der Waals surface area contributed by atoms with Crippen molar-refractivity contribution in [3.8, 4) is 5.75 Å². The fourth-order valence-corrected chi connectivity index (χ4v) is 2.71. The van der Waals surface area contributed by atoms with Crippen LogP contribution in [-0.4, -0.2) is 21.2 Å². The van der Waals surface area contributed by atoms with Gasteiger partial charge in [-0.2, -0.15) is 5.10 Å². The minimum absolute atomic E-state index is 0.424. The molecule has 0 fully saturated rings. The van der Waals surface area contributed by atoms with Gasteiger partial charge in [0, 0.05) is 11.6 Å². The molecular formula is C15H13Cl2N3O. The molecular weight excluding hydrogens is 309 g/mol. The molecule has 0 aliphatic rings. The zero-order valence-corrected chi connectivity index (χ0v) is 12.7. The molecule has 0 spiro atoms. The molecule has 0 unspecified atom stereocenters. The maximum Gasteiger partial charge on any atom is 0.158 e. The standard InChI is InChI=1S/C15H13Cl2N3O/c16-14-12(15(17)20-13(19-14)8-9-18-20)7-4-10-21-11-5-2-1-3-6-11/h1-3,5-6,8-9H,4,7,10H2. The molecule has 21 heavy (non-hydrogen) atoms. The third kappa shape index (κ3) is 3.12. The van der Waals surface area contributed by atoms with Gasteiger partial charge >= 0.3 is 0 Å². The van der Waals surface area contributed by atoms with E-state index >= 15 is 0 Å². The van der Waals surface area contributed by atoms with Gasteiger partial charge in [-0.05, 0) is 25.0 Å². The van der Waals surface area contributed by atoms with Crippen molar-refractivity contribution in [2.24, 2.45) is 0 Å². The van der Waals surface area contributed by atoms with E-state index in [1.54, 1.807) is 16.8 Å². The third-order valence-electron chi connectivity index (χ3n) is 3.10. The Morgan fingerprint density at radius 2 is 1.90 bits per heavy atom. The lowest BCUT2D eigenvalue weighted by molar-refractivity contribution is 0.311. The van der Waals surface area contributed by atoms with Crippen LogP contribution >= 0.6 is 23.2 Å². The molecule has 0 saturated carbocycles. The summed E-state index contributed by atoms with van der Waals surface area (Å²) in [6, 6.07) is 11.5. The number of benzene rings is 1. The van der Waals surface area contributed by atoms with E-state index in [0.717, 1.165) is 17.7 Å². The van der Waals surface area contributed by atoms with Crippen molar-refractivity contribution < 1.29 is 4.74 Å². The first kappa shape index (κ1) is 14.2. The average molecular weight is 322 g/mol. The normalized spacial score (nSPS) is 11.0. The Bertz CT molecular complexity index is 743. The van der Waals surface area contributed by atoms with Crippen LogP contribution < -0.4 is 4.74 Å². The quantitative estimate of drug-likeness (QED) is 0.525. The zero-order valence-electron chi connectivity index (χ0n) is 11.2. The van der Waals surface area contributed by atoms with Crippen LogP contribution in [0.1, 0.15) is 12.0 Å². The highest BCUT2D eigenvalue weighted by Gasteiger charge is 2.12. The van der Waals surface area contributed by atoms with Gasteiger partial charge in [-0.3, -0.25) is 0 Å². The Balaban J connectivity index is 1.65. The summed E-state index contributed by atoms with van der Waals surface area (Å²) >= 11 is 12.5. The topological polar surface area (TPSA) is 39.4 Å². The van der Waals surface area contributed by atoms with Crippen LogP contribution in [0, 0.1) is 0 Å². The fourth-order valence-electron chi connectivity index (χ4n) is 2.08. The number of nitrogens with zero attached hydrogens (tertiary/aromatic N) is 3. The molecule has 0 radical (unpaired) electrons. The molecule has 0 bridgehead atoms. The molecule has 0 aliphatic carbocycles. The predicted molar refractivity (Wildman–Crippen MR) is 83.3 cm³/mol. The lowest BCUT2D eigenvalue weighted by atomic mass is 10.2. The molecule has 0 amide bonds. The number of fused-ring (bicyclic) bond motifs is 1. The summed E-state index contributed by atoms with van der Waals surface area (Å²) < 4.78 is 7.24. The highest BCUT2D eigenvalue weighted by molar-refractivity contribution is 6.34. The third-order valence-corrected chi connectivity index (χ3v) is 3.80. The van der Waals surface area contributed by atoms with Gasteiger partial charge in [-0.1, -0.05) is 41.4 Å². The first-order chi connectivity index (χ1) is 10.3. The first-order valence-corrected chi connectivity index (χ1v) is 7.37. The number of hydrogen-bond acceptors (Lipinski definition) is 3. The molecule has 2 aromatic heterocycles. The molecule has 1 aromatic carbocycles. The lowest BCUT2D eigenvalue weighted by Gasteiger charge is -2.09. The van der Waals surface area contributed by atoms with Gasteiger partial charge in [0.25, 0.3) is 0 Å². The van der Waals surface area contributed by atoms with Gasteiger partial charge in [0.1, 0.15) is 16.1 Å². The SMILES string of the molecule is Clc1nc2ccnn2c(Cl)c1CCCOc1ccccc1. The number of halogens is 2. The monoisotopic (exact) mass is 321 g/mol. The van der Waals surface area contributed by atoms with Gasteiger partial charge in [0.15, 0.2) is 5.65 Å². The van der Waals surface area contributed by atoms with E-state index in [4.69, 9.17) is 27.9 Å². The van der Waals surface area contributed by atoms with Crippen molar-refractivity contribution >= 4 is 28.8 Å². The molecule has 4 nitrogen and oxygen atoms in total. The van der Waals surface area contributed by atoms with E-state index in [2.05, 4.69) is 10.1 Å². The molecule has 108 valence electrons. The van der Waals surface area contributed by atoms with Crippen LogP contribution in [0.4, 0.5) is 0 Å². The van der Waals surface area contributed by atoms with E-state index < -0.39 is 0 Å². The molecule has 2 heterocycles. The van der Waals surface area contributed by atoms with Crippen LogP contribution in [0.5, 0.6) is 5.75 Å². The molecule has 3 aromatic rings. The number of hydrogen-bond donors (Lipinski definition) is 0. The van der Waals surface area contributed by atoms with Crippen LogP contribution in [0.25, 0.3) is 5.65 Å². The lowest BCUT2D eigenvalue weighted by Crippen LogP contribution is -2.04.